The van der Waals surface area contributed by atoms with Crippen LogP contribution in [-0.4, -0.2) is 85.6 Å². The first kappa shape index (κ1) is 35.9. The molecule has 0 atom stereocenters. The van der Waals surface area contributed by atoms with Crippen LogP contribution in [0.25, 0.3) is 11.3 Å². The Labute approximate surface area is 296 Å². The number of rotatable bonds is 10. The predicted molar refractivity (Wildman–Crippen MR) is 192 cm³/mol. The number of aryl methyl sites for hydroxylation is 1. The van der Waals surface area contributed by atoms with Gasteiger partial charge in [0.05, 0.1) is 23.5 Å². The van der Waals surface area contributed by atoms with Gasteiger partial charge in [-0.05, 0) is 48.4 Å². The van der Waals surface area contributed by atoms with Crippen LogP contribution in [-0.2, 0) is 36.1 Å². The molecule has 3 aromatic carbocycles. The molecule has 0 amide bonds. The topological polar surface area (TPSA) is 73.7 Å². The molecule has 264 valence electrons. The third kappa shape index (κ3) is 9.27. The number of aromatic nitrogens is 2. The number of nitrogens with zero attached hydrogens (tertiary/aromatic N) is 5. The van der Waals surface area contributed by atoms with Crippen molar-refractivity contribution in [2.24, 2.45) is 0 Å². The van der Waals surface area contributed by atoms with Crippen molar-refractivity contribution in [3.63, 3.8) is 0 Å². The molecule has 50 heavy (non-hydrogen) atoms. The molecule has 1 saturated heterocycles. The lowest BCUT2D eigenvalue weighted by Gasteiger charge is -2.36. The van der Waals surface area contributed by atoms with Gasteiger partial charge in [-0.2, -0.15) is 22.6 Å². The van der Waals surface area contributed by atoms with E-state index in [4.69, 9.17) is 16.7 Å². The summed E-state index contributed by atoms with van der Waals surface area (Å²) in [5, 5.41) is 7.91. The summed E-state index contributed by atoms with van der Waals surface area (Å²) in [6, 6.07) is 23.0. The average Bonchev–Trinajstić information content (AvgIpc) is 3.46. The van der Waals surface area contributed by atoms with Gasteiger partial charge in [0.2, 0.25) is 10.0 Å². The molecule has 0 bridgehead atoms. The highest BCUT2D eigenvalue weighted by Gasteiger charge is 2.30. The van der Waals surface area contributed by atoms with E-state index >= 15 is 0 Å². The quantitative estimate of drug-likeness (QED) is 0.209. The van der Waals surface area contributed by atoms with Gasteiger partial charge in [0.15, 0.2) is 0 Å². The first-order chi connectivity index (χ1) is 23.9. The van der Waals surface area contributed by atoms with Crippen molar-refractivity contribution in [2.45, 2.75) is 38.7 Å². The average molecular weight is 725 g/mol. The van der Waals surface area contributed by atoms with Gasteiger partial charge < -0.3 is 10.2 Å². The number of alkyl halides is 3. The SMILES string of the molecule is CS(=O)(=O)N1CCc2c(c(-c3ccc(Cl)c(C#Cc4ccc(CNCC(F)(F)F)cc4)c3)nn2CCCN2CCN(c3ccccc3)CC2)C1. The van der Waals surface area contributed by atoms with Crippen LogP contribution in [0.1, 0.15) is 34.4 Å². The summed E-state index contributed by atoms with van der Waals surface area (Å²) in [5.74, 6) is 6.23. The van der Waals surface area contributed by atoms with Crippen molar-refractivity contribution >= 4 is 27.3 Å². The molecule has 4 aromatic rings. The number of nitrogens with one attached hydrogen (secondary N) is 1. The highest BCUT2D eigenvalue weighted by atomic mass is 35.5. The smallest absolute Gasteiger partial charge is 0.369 e. The molecule has 13 heteroatoms. The molecular formula is C37H40ClF3N6O2S. The Balaban J connectivity index is 1.16. The summed E-state index contributed by atoms with van der Waals surface area (Å²) in [6.07, 6.45) is -1.53. The van der Waals surface area contributed by atoms with Gasteiger partial charge in [0, 0.05) is 99.0 Å². The maximum absolute atomic E-state index is 12.5. The summed E-state index contributed by atoms with van der Waals surface area (Å²) in [4.78, 5) is 4.91. The Hall–Kier alpha value is -3.86. The van der Waals surface area contributed by atoms with Crippen molar-refractivity contribution in [2.75, 3.05) is 57.0 Å². The first-order valence-corrected chi connectivity index (χ1v) is 18.9. The minimum absolute atomic E-state index is 0.0978. The molecular weight excluding hydrogens is 685 g/mol. The number of benzene rings is 3. The Morgan fingerprint density at radius 2 is 1.66 bits per heavy atom. The van der Waals surface area contributed by atoms with Crippen molar-refractivity contribution < 1.29 is 21.6 Å². The van der Waals surface area contributed by atoms with E-state index in [9.17, 15) is 21.6 Å². The van der Waals surface area contributed by atoms with Crippen LogP contribution in [0.3, 0.4) is 0 Å². The van der Waals surface area contributed by atoms with Gasteiger partial charge in [-0.25, -0.2) is 8.42 Å². The molecule has 2 aliphatic heterocycles. The van der Waals surface area contributed by atoms with E-state index in [2.05, 4.69) is 55.9 Å². The summed E-state index contributed by atoms with van der Waals surface area (Å²) in [7, 11) is -3.40. The summed E-state index contributed by atoms with van der Waals surface area (Å²) in [6.45, 7) is 5.36. The molecule has 1 N–H and O–H groups in total. The first-order valence-electron chi connectivity index (χ1n) is 16.7. The largest absolute Gasteiger partial charge is 0.401 e. The van der Waals surface area contributed by atoms with Crippen LogP contribution >= 0.6 is 11.6 Å². The van der Waals surface area contributed by atoms with E-state index in [1.807, 2.05) is 18.2 Å². The standard InChI is InChI=1S/C37H40ClF3N6O2S/c1-50(48,49)46-19-16-35-33(26-46)36(43-47(35)18-5-17-44-20-22-45(23-21-44)32-6-3-2-4-7-32)31-14-15-34(38)30(24-31)13-12-28-8-10-29(11-9-28)25-42-27-37(39,40)41/h2-4,6-11,14-15,24,42H,5,16-23,25-27H2,1H3. The minimum Gasteiger partial charge on any atom is -0.369 e. The molecule has 0 aliphatic carbocycles. The molecule has 8 nitrogen and oxygen atoms in total. The highest BCUT2D eigenvalue weighted by molar-refractivity contribution is 7.88. The monoisotopic (exact) mass is 724 g/mol. The Morgan fingerprint density at radius 3 is 2.36 bits per heavy atom. The minimum atomic E-state index is -4.26. The van der Waals surface area contributed by atoms with E-state index in [1.54, 1.807) is 30.3 Å². The van der Waals surface area contributed by atoms with E-state index in [1.165, 1.54) is 16.2 Å². The van der Waals surface area contributed by atoms with Gasteiger partial charge in [-0.3, -0.25) is 9.58 Å². The summed E-state index contributed by atoms with van der Waals surface area (Å²) >= 11 is 6.56. The second kappa shape index (κ2) is 15.6. The molecule has 2 aliphatic rings. The third-order valence-electron chi connectivity index (χ3n) is 9.10. The van der Waals surface area contributed by atoms with Crippen LogP contribution < -0.4 is 10.2 Å². The number of piperazine rings is 1. The number of fused-ring (bicyclic) bond motifs is 1. The Kier molecular flexibility index (Phi) is 11.2. The van der Waals surface area contributed by atoms with Crippen molar-refractivity contribution in [1.29, 1.82) is 0 Å². The van der Waals surface area contributed by atoms with Crippen LogP contribution in [0.4, 0.5) is 18.9 Å². The van der Waals surface area contributed by atoms with Crippen LogP contribution in [0.2, 0.25) is 5.02 Å². The van der Waals surface area contributed by atoms with Crippen molar-refractivity contribution in [3.8, 4) is 23.1 Å². The maximum atomic E-state index is 12.5. The lowest BCUT2D eigenvalue weighted by molar-refractivity contribution is -0.125. The van der Waals surface area contributed by atoms with Crippen molar-refractivity contribution in [3.05, 3.63) is 106 Å². The number of anilines is 1. The normalized spacial score (nSPS) is 15.8. The van der Waals surface area contributed by atoms with Gasteiger partial charge in [-0.1, -0.05) is 59.8 Å². The number of para-hydroxylation sites is 1. The van der Waals surface area contributed by atoms with E-state index < -0.39 is 22.7 Å². The second-order valence-electron chi connectivity index (χ2n) is 12.7. The van der Waals surface area contributed by atoms with E-state index in [-0.39, 0.29) is 13.1 Å². The fraction of sp³-hybridized carbons (Fsp3) is 0.378. The summed E-state index contributed by atoms with van der Waals surface area (Å²) in [5.41, 5.74) is 6.73. The second-order valence-corrected chi connectivity index (χ2v) is 15.1. The number of sulfonamides is 1. The lowest BCUT2D eigenvalue weighted by Crippen LogP contribution is -2.46. The number of hydrogen-bond donors (Lipinski definition) is 1. The van der Waals surface area contributed by atoms with Crippen molar-refractivity contribution in [1.82, 2.24) is 24.3 Å². The molecule has 1 fully saturated rings. The predicted octanol–water partition coefficient (Wildman–Crippen LogP) is 5.79. The third-order valence-corrected chi connectivity index (χ3v) is 10.7. The van der Waals surface area contributed by atoms with Gasteiger partial charge in [0.1, 0.15) is 0 Å². The molecule has 6 rings (SSSR count). The highest BCUT2D eigenvalue weighted by Crippen LogP contribution is 2.33. The molecule has 0 radical (unpaired) electrons. The van der Waals surface area contributed by atoms with E-state index in [0.29, 0.717) is 34.7 Å². The Morgan fingerprint density at radius 1 is 0.920 bits per heavy atom. The fourth-order valence-corrected chi connectivity index (χ4v) is 7.39. The lowest BCUT2D eigenvalue weighted by atomic mass is 10.0. The molecule has 3 heterocycles. The molecule has 0 saturated carbocycles. The van der Waals surface area contributed by atoms with Gasteiger partial charge in [-0.15, -0.1) is 0 Å². The Bertz CT molecular complexity index is 1950. The van der Waals surface area contributed by atoms with Gasteiger partial charge >= 0.3 is 6.18 Å². The number of hydrogen-bond acceptors (Lipinski definition) is 6. The van der Waals surface area contributed by atoms with Crippen LogP contribution in [0.15, 0.2) is 72.8 Å². The van der Waals surface area contributed by atoms with Crippen LogP contribution in [0.5, 0.6) is 0 Å². The fourth-order valence-electron chi connectivity index (χ4n) is 6.44. The maximum Gasteiger partial charge on any atom is 0.401 e. The molecule has 0 spiro atoms. The molecule has 1 aromatic heterocycles. The zero-order chi connectivity index (χ0) is 35.3. The van der Waals surface area contributed by atoms with Crippen LogP contribution in [0, 0.1) is 11.8 Å². The summed E-state index contributed by atoms with van der Waals surface area (Å²) < 4.78 is 66.0. The molecule has 0 unspecified atom stereocenters. The van der Waals surface area contributed by atoms with E-state index in [0.717, 1.165) is 68.2 Å². The zero-order valence-corrected chi connectivity index (χ0v) is 29.5. The number of halogens is 4. The van der Waals surface area contributed by atoms with Gasteiger partial charge in [0.25, 0.3) is 0 Å². The zero-order valence-electron chi connectivity index (χ0n) is 27.9.